The van der Waals surface area contributed by atoms with E-state index < -0.39 is 5.97 Å². The molecule has 0 spiro atoms. The summed E-state index contributed by atoms with van der Waals surface area (Å²) in [5.74, 6) is 0.110. The van der Waals surface area contributed by atoms with Crippen molar-refractivity contribution in [1.29, 1.82) is 0 Å². The van der Waals surface area contributed by atoms with Gasteiger partial charge in [0.15, 0.2) is 6.61 Å². The maximum Gasteiger partial charge on any atom is 0.307 e. The third-order valence-corrected chi connectivity index (χ3v) is 5.22. The van der Waals surface area contributed by atoms with Crippen LogP contribution in [-0.2, 0) is 14.3 Å². The van der Waals surface area contributed by atoms with Gasteiger partial charge in [0.1, 0.15) is 5.82 Å². The van der Waals surface area contributed by atoms with Crippen LogP contribution < -0.4 is 5.32 Å². The van der Waals surface area contributed by atoms with E-state index in [1.54, 1.807) is 12.1 Å². The molecule has 1 aliphatic rings. The molecule has 1 amide bonds. The Bertz CT molecular complexity index is 550. The van der Waals surface area contributed by atoms with Gasteiger partial charge in [0, 0.05) is 16.7 Å². The lowest BCUT2D eigenvalue weighted by Gasteiger charge is -2.29. The highest BCUT2D eigenvalue weighted by atomic mass is 32.2. The van der Waals surface area contributed by atoms with Crippen LogP contribution in [0.3, 0.4) is 0 Å². The average Bonchev–Trinajstić information content (AvgIpc) is 2.57. The zero-order valence-electron chi connectivity index (χ0n) is 13.9. The lowest BCUT2D eigenvalue weighted by atomic mass is 9.86. The van der Waals surface area contributed by atoms with E-state index in [0.29, 0.717) is 11.7 Å². The number of esters is 1. The van der Waals surface area contributed by atoms with Crippen molar-refractivity contribution in [3.8, 4) is 0 Å². The smallest absolute Gasteiger partial charge is 0.307 e. The Labute approximate surface area is 146 Å². The minimum absolute atomic E-state index is 0.194. The highest BCUT2D eigenvalue weighted by Gasteiger charge is 2.23. The molecule has 1 N–H and O–H groups in total. The number of hydrogen-bond donors (Lipinski definition) is 1. The maximum atomic E-state index is 12.8. The van der Waals surface area contributed by atoms with Crippen LogP contribution in [0.25, 0.3) is 0 Å². The monoisotopic (exact) mass is 353 g/mol. The molecule has 132 valence electrons. The Morgan fingerprint density at radius 2 is 1.96 bits per heavy atom. The molecule has 1 aromatic carbocycles. The van der Waals surface area contributed by atoms with Gasteiger partial charge in [0.2, 0.25) is 0 Å². The van der Waals surface area contributed by atoms with Gasteiger partial charge in [0.25, 0.3) is 5.91 Å². The van der Waals surface area contributed by atoms with Crippen molar-refractivity contribution in [2.45, 2.75) is 50.0 Å². The van der Waals surface area contributed by atoms with Crippen LogP contribution in [0.15, 0.2) is 29.2 Å². The van der Waals surface area contributed by atoms with E-state index in [1.807, 2.05) is 0 Å². The van der Waals surface area contributed by atoms with Gasteiger partial charge in [0.05, 0.1) is 6.42 Å². The molecule has 0 bridgehead atoms. The van der Waals surface area contributed by atoms with Crippen molar-refractivity contribution >= 4 is 23.6 Å². The molecule has 1 aromatic rings. The fourth-order valence-electron chi connectivity index (χ4n) is 2.78. The standard InChI is InChI=1S/C18H24FNO3S/c1-13-4-2-3-5-16(13)20-17(21)12-23-18(22)10-11-24-15-8-6-14(19)7-9-15/h6-9,13,16H,2-5,10-12H2,1H3,(H,20,21)/t13-,16+/m1/s1. The third kappa shape index (κ3) is 6.51. The molecule has 0 aromatic heterocycles. The van der Waals surface area contributed by atoms with Crippen LogP contribution in [0.4, 0.5) is 4.39 Å². The minimum Gasteiger partial charge on any atom is -0.456 e. The van der Waals surface area contributed by atoms with E-state index in [-0.39, 0.29) is 30.8 Å². The minimum atomic E-state index is -0.392. The molecule has 1 saturated carbocycles. The molecule has 4 nitrogen and oxygen atoms in total. The molecular formula is C18H24FNO3S. The predicted octanol–water partition coefficient (Wildman–Crippen LogP) is 3.55. The summed E-state index contributed by atoms with van der Waals surface area (Å²) in [5, 5.41) is 2.95. The normalized spacial score (nSPS) is 20.4. The van der Waals surface area contributed by atoms with E-state index in [0.717, 1.165) is 24.2 Å². The lowest BCUT2D eigenvalue weighted by molar-refractivity contribution is -0.148. The van der Waals surface area contributed by atoms with Crippen molar-refractivity contribution in [1.82, 2.24) is 5.32 Å². The third-order valence-electron chi connectivity index (χ3n) is 4.21. The number of nitrogens with one attached hydrogen (secondary N) is 1. The second kappa shape index (κ2) is 9.67. The number of halogens is 1. The highest BCUT2D eigenvalue weighted by molar-refractivity contribution is 7.99. The number of ether oxygens (including phenoxy) is 1. The number of benzene rings is 1. The summed E-state index contributed by atoms with van der Waals surface area (Å²) < 4.78 is 17.8. The Balaban J connectivity index is 1.60. The number of carbonyl (C=O) groups excluding carboxylic acids is 2. The summed E-state index contributed by atoms with van der Waals surface area (Å²) in [4.78, 5) is 24.4. The van der Waals surface area contributed by atoms with Gasteiger partial charge in [-0.25, -0.2) is 4.39 Å². The molecule has 24 heavy (non-hydrogen) atoms. The number of amides is 1. The summed E-state index contributed by atoms with van der Waals surface area (Å²) in [6.07, 6.45) is 4.69. The molecule has 2 atom stereocenters. The SMILES string of the molecule is C[C@@H]1CCCC[C@@H]1NC(=O)COC(=O)CCSc1ccc(F)cc1. The van der Waals surface area contributed by atoms with E-state index >= 15 is 0 Å². The van der Waals surface area contributed by atoms with Crippen LogP contribution in [0.2, 0.25) is 0 Å². The molecule has 1 fully saturated rings. The fraction of sp³-hybridized carbons (Fsp3) is 0.556. The Morgan fingerprint density at radius 1 is 1.25 bits per heavy atom. The van der Waals surface area contributed by atoms with Crippen molar-refractivity contribution in [2.75, 3.05) is 12.4 Å². The summed E-state index contributed by atoms with van der Waals surface area (Å²) in [5.41, 5.74) is 0. The van der Waals surface area contributed by atoms with Crippen LogP contribution in [0.5, 0.6) is 0 Å². The summed E-state index contributed by atoms with van der Waals surface area (Å²) >= 11 is 1.45. The number of hydrogen-bond acceptors (Lipinski definition) is 4. The van der Waals surface area contributed by atoms with Gasteiger partial charge in [-0.2, -0.15) is 0 Å². The van der Waals surface area contributed by atoms with Gasteiger partial charge in [-0.1, -0.05) is 19.8 Å². The van der Waals surface area contributed by atoms with Crippen molar-refractivity contribution in [2.24, 2.45) is 5.92 Å². The first-order chi connectivity index (χ1) is 11.5. The number of carbonyl (C=O) groups is 2. The molecule has 0 unspecified atom stereocenters. The molecule has 0 radical (unpaired) electrons. The first kappa shape index (κ1) is 18.8. The molecule has 0 aliphatic heterocycles. The van der Waals surface area contributed by atoms with Crippen LogP contribution >= 0.6 is 11.8 Å². The first-order valence-electron chi connectivity index (χ1n) is 8.38. The summed E-state index contributed by atoms with van der Waals surface area (Å²) in [7, 11) is 0. The Morgan fingerprint density at radius 3 is 2.67 bits per heavy atom. The summed E-state index contributed by atoms with van der Waals surface area (Å²) in [6.45, 7) is 1.92. The van der Waals surface area contributed by atoms with Crippen molar-refractivity contribution in [3.05, 3.63) is 30.1 Å². The van der Waals surface area contributed by atoms with E-state index in [9.17, 15) is 14.0 Å². The first-order valence-corrected chi connectivity index (χ1v) is 9.36. The fourth-order valence-corrected chi connectivity index (χ4v) is 3.61. The van der Waals surface area contributed by atoms with Crippen LogP contribution in [-0.4, -0.2) is 30.3 Å². The highest BCUT2D eigenvalue weighted by Crippen LogP contribution is 2.23. The van der Waals surface area contributed by atoms with Gasteiger partial charge >= 0.3 is 5.97 Å². The van der Waals surface area contributed by atoms with E-state index in [2.05, 4.69) is 12.2 Å². The largest absolute Gasteiger partial charge is 0.456 e. The molecular weight excluding hydrogens is 329 g/mol. The quantitative estimate of drug-likeness (QED) is 0.602. The summed E-state index contributed by atoms with van der Waals surface area (Å²) in [6, 6.07) is 6.31. The van der Waals surface area contributed by atoms with Crippen LogP contribution in [0, 0.1) is 11.7 Å². The topological polar surface area (TPSA) is 55.4 Å². The Kier molecular flexibility index (Phi) is 7.56. The maximum absolute atomic E-state index is 12.8. The van der Waals surface area contributed by atoms with E-state index in [4.69, 9.17) is 4.74 Å². The van der Waals surface area contributed by atoms with Crippen LogP contribution in [0.1, 0.15) is 39.0 Å². The molecule has 1 aliphatic carbocycles. The van der Waals surface area contributed by atoms with Crippen molar-refractivity contribution in [3.63, 3.8) is 0 Å². The Hall–Kier alpha value is -1.56. The zero-order valence-corrected chi connectivity index (χ0v) is 14.7. The van der Waals surface area contributed by atoms with E-state index in [1.165, 1.54) is 30.3 Å². The second-order valence-electron chi connectivity index (χ2n) is 6.15. The molecule has 6 heteroatoms. The number of thioether (sulfide) groups is 1. The molecule has 2 rings (SSSR count). The molecule has 0 heterocycles. The average molecular weight is 353 g/mol. The lowest BCUT2D eigenvalue weighted by Crippen LogP contribution is -2.42. The van der Waals surface area contributed by atoms with Gasteiger partial charge in [-0.15, -0.1) is 11.8 Å². The molecule has 0 saturated heterocycles. The van der Waals surface area contributed by atoms with Gasteiger partial charge < -0.3 is 10.1 Å². The van der Waals surface area contributed by atoms with Gasteiger partial charge in [-0.3, -0.25) is 9.59 Å². The van der Waals surface area contributed by atoms with Crippen molar-refractivity contribution < 1.29 is 18.7 Å². The number of rotatable bonds is 7. The predicted molar refractivity (Wildman–Crippen MR) is 92.3 cm³/mol. The zero-order chi connectivity index (χ0) is 17.4. The second-order valence-corrected chi connectivity index (χ2v) is 7.32. The van der Waals surface area contributed by atoms with Gasteiger partial charge in [-0.05, 0) is 43.0 Å².